The van der Waals surface area contributed by atoms with E-state index in [9.17, 15) is 9.18 Å². The van der Waals surface area contributed by atoms with Crippen LogP contribution in [0.4, 0.5) is 4.39 Å². The van der Waals surface area contributed by atoms with Gasteiger partial charge in [0.25, 0.3) is 0 Å². The van der Waals surface area contributed by atoms with Crippen molar-refractivity contribution >= 4 is 33.3 Å². The molecule has 0 atom stereocenters. The summed E-state index contributed by atoms with van der Waals surface area (Å²) >= 11 is 8.69. The van der Waals surface area contributed by atoms with Crippen LogP contribution in [0.2, 0.25) is 5.02 Å². The van der Waals surface area contributed by atoms with Crippen molar-refractivity contribution in [1.29, 1.82) is 0 Å². The number of hydrogen-bond donors (Lipinski definition) is 0. The second-order valence-electron chi connectivity index (χ2n) is 2.30. The predicted molar refractivity (Wildman–Crippen MR) is 49.1 cm³/mol. The molecule has 0 fully saturated rings. The van der Waals surface area contributed by atoms with Crippen LogP contribution < -0.4 is 0 Å². The van der Waals surface area contributed by atoms with E-state index < -0.39 is 5.82 Å². The summed E-state index contributed by atoms with van der Waals surface area (Å²) in [4.78, 5) is 11.0. The van der Waals surface area contributed by atoms with Crippen LogP contribution in [-0.2, 0) is 0 Å². The summed E-state index contributed by atoms with van der Waals surface area (Å²) in [6, 6.07) is 2.33. The molecule has 0 spiro atoms. The number of carbonyl (C=O) groups excluding carboxylic acids is 1. The quantitative estimate of drug-likeness (QED) is 0.699. The van der Waals surface area contributed by atoms with Gasteiger partial charge in [0, 0.05) is 4.47 Å². The Bertz CT molecular complexity index is 315. The minimum absolute atomic E-state index is 0.134. The lowest BCUT2D eigenvalue weighted by atomic mass is 10.1. The van der Waals surface area contributed by atoms with Gasteiger partial charge in [-0.25, -0.2) is 4.39 Å². The molecule has 1 aromatic rings. The maximum atomic E-state index is 12.6. The van der Waals surface area contributed by atoms with Gasteiger partial charge in [0.1, 0.15) is 5.82 Å². The van der Waals surface area contributed by atoms with Crippen molar-refractivity contribution in [2.45, 2.75) is 6.92 Å². The van der Waals surface area contributed by atoms with Gasteiger partial charge in [0.15, 0.2) is 5.78 Å². The number of halogens is 3. The lowest BCUT2D eigenvalue weighted by Gasteiger charge is -2.02. The third kappa shape index (κ3) is 1.84. The van der Waals surface area contributed by atoms with E-state index in [2.05, 4.69) is 15.9 Å². The number of rotatable bonds is 1. The topological polar surface area (TPSA) is 17.1 Å². The Kier molecular flexibility index (Phi) is 2.85. The van der Waals surface area contributed by atoms with Gasteiger partial charge < -0.3 is 0 Å². The van der Waals surface area contributed by atoms with Crippen LogP contribution in [0.1, 0.15) is 17.3 Å². The van der Waals surface area contributed by atoms with Crippen LogP contribution in [0.3, 0.4) is 0 Å². The molecule has 1 rings (SSSR count). The van der Waals surface area contributed by atoms with Gasteiger partial charge in [-0.2, -0.15) is 0 Å². The molecule has 4 heteroatoms. The second-order valence-corrected chi connectivity index (χ2v) is 3.56. The molecule has 0 aliphatic carbocycles. The van der Waals surface area contributed by atoms with E-state index in [4.69, 9.17) is 11.6 Å². The third-order valence-electron chi connectivity index (χ3n) is 1.36. The summed E-state index contributed by atoms with van der Waals surface area (Å²) in [5.74, 6) is -0.649. The molecule has 0 saturated carbocycles. The summed E-state index contributed by atoms with van der Waals surface area (Å²) in [5.41, 5.74) is 0.318. The number of Topliss-reactive ketones (excluding diaryl/α,β-unsaturated/α-hetero) is 1. The van der Waals surface area contributed by atoms with Crippen LogP contribution in [0.15, 0.2) is 16.6 Å². The summed E-state index contributed by atoms with van der Waals surface area (Å²) in [7, 11) is 0. The summed E-state index contributed by atoms with van der Waals surface area (Å²) < 4.78 is 13.0. The van der Waals surface area contributed by atoms with E-state index in [1.807, 2.05) is 0 Å². The Balaban J connectivity index is 3.38. The molecule has 0 amide bonds. The molecule has 0 bridgehead atoms. The third-order valence-corrected chi connectivity index (χ3v) is 2.28. The molecular formula is C8H5BrClFO. The fraction of sp³-hybridized carbons (Fsp3) is 0.125. The molecule has 0 aliphatic heterocycles. The zero-order valence-electron chi connectivity index (χ0n) is 6.20. The first-order valence-electron chi connectivity index (χ1n) is 3.18. The molecule has 1 nitrogen and oxygen atoms in total. The molecule has 0 aromatic heterocycles. The molecule has 0 unspecified atom stereocenters. The molecule has 0 saturated heterocycles. The van der Waals surface area contributed by atoms with Crippen molar-refractivity contribution in [2.24, 2.45) is 0 Å². The van der Waals surface area contributed by atoms with Gasteiger partial charge in [-0.15, -0.1) is 0 Å². The Morgan fingerprint density at radius 3 is 2.58 bits per heavy atom. The normalized spacial score (nSPS) is 10.0. The van der Waals surface area contributed by atoms with Crippen molar-refractivity contribution in [1.82, 2.24) is 0 Å². The fourth-order valence-corrected chi connectivity index (χ4v) is 2.04. The lowest BCUT2D eigenvalue weighted by molar-refractivity contribution is 0.101. The molecule has 1 aromatic carbocycles. The SMILES string of the molecule is CC(=O)c1c(Cl)cc(F)cc1Br. The molecular weight excluding hydrogens is 246 g/mol. The van der Waals surface area contributed by atoms with Gasteiger partial charge in [-0.3, -0.25) is 4.79 Å². The first-order valence-corrected chi connectivity index (χ1v) is 4.35. The van der Waals surface area contributed by atoms with Crippen LogP contribution in [0.5, 0.6) is 0 Å². The largest absolute Gasteiger partial charge is 0.294 e. The summed E-state index contributed by atoms with van der Waals surface area (Å²) in [5, 5.41) is 0.134. The zero-order chi connectivity index (χ0) is 9.30. The lowest BCUT2D eigenvalue weighted by Crippen LogP contribution is -1.95. The molecule has 12 heavy (non-hydrogen) atoms. The van der Waals surface area contributed by atoms with Crippen molar-refractivity contribution in [3.05, 3.63) is 33.0 Å². The van der Waals surface area contributed by atoms with Crippen molar-refractivity contribution in [3.63, 3.8) is 0 Å². The number of hydrogen-bond acceptors (Lipinski definition) is 1. The fourth-order valence-electron chi connectivity index (χ4n) is 0.879. The average molecular weight is 251 g/mol. The highest BCUT2D eigenvalue weighted by atomic mass is 79.9. The molecule has 0 radical (unpaired) electrons. The van der Waals surface area contributed by atoms with Gasteiger partial charge >= 0.3 is 0 Å². The Labute approximate surface area is 82.7 Å². The van der Waals surface area contributed by atoms with Crippen molar-refractivity contribution in [3.8, 4) is 0 Å². The van der Waals surface area contributed by atoms with Crippen LogP contribution in [0.25, 0.3) is 0 Å². The molecule has 0 N–H and O–H groups in total. The van der Waals surface area contributed by atoms with Crippen molar-refractivity contribution in [2.75, 3.05) is 0 Å². The Hall–Kier alpha value is -0.410. The standard InChI is InChI=1S/C8H5BrClFO/c1-4(12)8-6(9)2-5(11)3-7(8)10/h2-3H,1H3. The first-order chi connectivity index (χ1) is 5.52. The zero-order valence-corrected chi connectivity index (χ0v) is 8.54. The highest BCUT2D eigenvalue weighted by Gasteiger charge is 2.11. The summed E-state index contributed by atoms with van der Waals surface area (Å²) in [6.07, 6.45) is 0. The van der Waals surface area contributed by atoms with E-state index >= 15 is 0 Å². The van der Waals surface area contributed by atoms with Crippen LogP contribution in [0, 0.1) is 5.82 Å². The number of ketones is 1. The Morgan fingerprint density at radius 2 is 2.17 bits per heavy atom. The first kappa shape index (κ1) is 9.68. The van der Waals surface area contributed by atoms with Crippen molar-refractivity contribution < 1.29 is 9.18 Å². The van der Waals surface area contributed by atoms with Gasteiger partial charge in [-0.1, -0.05) is 11.6 Å². The minimum atomic E-state index is -0.461. The van der Waals surface area contributed by atoms with Crippen LogP contribution >= 0.6 is 27.5 Å². The maximum absolute atomic E-state index is 12.6. The molecule has 64 valence electrons. The van der Waals surface area contributed by atoms with Gasteiger partial charge in [-0.05, 0) is 35.0 Å². The smallest absolute Gasteiger partial charge is 0.162 e. The predicted octanol–water partition coefficient (Wildman–Crippen LogP) is 3.44. The van der Waals surface area contributed by atoms with Gasteiger partial charge in [0.2, 0.25) is 0 Å². The monoisotopic (exact) mass is 250 g/mol. The molecule has 0 aliphatic rings. The minimum Gasteiger partial charge on any atom is -0.294 e. The average Bonchev–Trinajstić information content (AvgIpc) is 1.82. The summed E-state index contributed by atoms with van der Waals surface area (Å²) in [6.45, 7) is 1.38. The number of carbonyl (C=O) groups is 1. The van der Waals surface area contributed by atoms with E-state index in [1.54, 1.807) is 0 Å². The van der Waals surface area contributed by atoms with Crippen LogP contribution in [-0.4, -0.2) is 5.78 Å². The maximum Gasteiger partial charge on any atom is 0.162 e. The van der Waals surface area contributed by atoms with E-state index in [-0.39, 0.29) is 10.8 Å². The van der Waals surface area contributed by atoms with E-state index in [1.165, 1.54) is 13.0 Å². The van der Waals surface area contributed by atoms with E-state index in [0.717, 1.165) is 6.07 Å². The Morgan fingerprint density at radius 1 is 1.58 bits per heavy atom. The second kappa shape index (κ2) is 3.54. The highest BCUT2D eigenvalue weighted by molar-refractivity contribution is 9.10. The van der Waals surface area contributed by atoms with E-state index in [0.29, 0.717) is 10.0 Å². The molecule has 0 heterocycles. The number of benzene rings is 1. The highest BCUT2D eigenvalue weighted by Crippen LogP contribution is 2.26. The van der Waals surface area contributed by atoms with Gasteiger partial charge in [0.05, 0.1) is 10.6 Å².